The fourth-order valence-corrected chi connectivity index (χ4v) is 0.971. The first kappa shape index (κ1) is 9.13. The molecule has 4 N–H and O–H groups in total. The van der Waals surface area contributed by atoms with E-state index in [1.807, 2.05) is 0 Å². The number of carbonyl (C=O) groups is 1. The summed E-state index contributed by atoms with van der Waals surface area (Å²) in [6.07, 6.45) is 2.78. The molecule has 0 saturated carbocycles. The second-order valence-electron chi connectivity index (χ2n) is 2.79. The highest BCUT2D eigenvalue weighted by molar-refractivity contribution is 6.01. The Labute approximate surface area is 84.7 Å². The summed E-state index contributed by atoms with van der Waals surface area (Å²) >= 11 is 0. The van der Waals surface area contributed by atoms with Gasteiger partial charge >= 0.3 is 0 Å². The van der Waals surface area contributed by atoms with Crippen molar-refractivity contribution < 1.29 is 4.79 Å². The van der Waals surface area contributed by atoms with Crippen molar-refractivity contribution in [3.05, 3.63) is 30.2 Å². The molecule has 0 aromatic carbocycles. The molecule has 7 nitrogen and oxygen atoms in total. The van der Waals surface area contributed by atoms with Crippen molar-refractivity contribution in [3.8, 4) is 0 Å². The van der Waals surface area contributed by atoms with E-state index in [0.717, 1.165) is 0 Å². The minimum atomic E-state index is -0.374. The molecule has 0 spiro atoms. The number of nitrogens with two attached hydrogens (primary N) is 1. The molecular formula is C8H8N6O. The van der Waals surface area contributed by atoms with Gasteiger partial charge in [0.05, 0.1) is 18.1 Å². The fourth-order valence-electron chi connectivity index (χ4n) is 0.971. The zero-order valence-corrected chi connectivity index (χ0v) is 7.64. The first-order valence-corrected chi connectivity index (χ1v) is 4.14. The molecule has 2 heterocycles. The number of amides is 1. The van der Waals surface area contributed by atoms with Gasteiger partial charge in [-0.3, -0.25) is 4.79 Å². The van der Waals surface area contributed by atoms with Crippen LogP contribution < -0.4 is 11.1 Å². The Hall–Kier alpha value is -2.44. The van der Waals surface area contributed by atoms with Crippen LogP contribution in [0.5, 0.6) is 0 Å². The maximum atomic E-state index is 11.5. The van der Waals surface area contributed by atoms with Crippen LogP contribution in [0.25, 0.3) is 0 Å². The number of aromatic amines is 1. The molecule has 0 aliphatic heterocycles. The lowest BCUT2D eigenvalue weighted by molar-refractivity contribution is 0.102. The molecule has 0 unspecified atom stereocenters. The number of nitrogens with zero attached hydrogens (tertiary/aromatic N) is 3. The molecule has 0 aliphatic rings. The van der Waals surface area contributed by atoms with E-state index in [2.05, 4.69) is 25.7 Å². The van der Waals surface area contributed by atoms with Gasteiger partial charge in [-0.05, 0) is 12.1 Å². The zero-order chi connectivity index (χ0) is 10.7. The summed E-state index contributed by atoms with van der Waals surface area (Å²) in [6.45, 7) is 0. The van der Waals surface area contributed by atoms with Gasteiger partial charge in [-0.2, -0.15) is 15.4 Å². The molecule has 0 aliphatic carbocycles. The maximum Gasteiger partial charge on any atom is 0.278 e. The van der Waals surface area contributed by atoms with Crippen LogP contribution in [-0.2, 0) is 0 Å². The van der Waals surface area contributed by atoms with Crippen molar-refractivity contribution in [3.63, 3.8) is 0 Å². The van der Waals surface area contributed by atoms with E-state index < -0.39 is 0 Å². The predicted octanol–water partition coefficient (Wildman–Crippen LogP) is 0.0342. The molecule has 0 radical (unpaired) electrons. The Morgan fingerprint density at radius 3 is 2.87 bits per heavy atom. The van der Waals surface area contributed by atoms with Crippen molar-refractivity contribution in [1.82, 2.24) is 20.4 Å². The monoisotopic (exact) mass is 204 g/mol. The molecule has 1 amide bonds. The number of nitrogen functional groups attached to an aromatic ring is 1. The quantitative estimate of drug-likeness (QED) is 0.639. The lowest BCUT2D eigenvalue weighted by Crippen LogP contribution is -2.13. The van der Waals surface area contributed by atoms with Crippen LogP contribution in [0.15, 0.2) is 24.5 Å². The fraction of sp³-hybridized carbons (Fsp3) is 0. The summed E-state index contributed by atoms with van der Waals surface area (Å²) in [5, 5.41) is 12.0. The number of nitrogens with one attached hydrogen (secondary N) is 2. The maximum absolute atomic E-state index is 11.5. The number of rotatable bonds is 2. The van der Waals surface area contributed by atoms with Crippen LogP contribution in [0.3, 0.4) is 0 Å². The average molecular weight is 204 g/mol. The van der Waals surface area contributed by atoms with Gasteiger partial charge < -0.3 is 11.1 Å². The Balaban J connectivity index is 2.09. The SMILES string of the molecule is Nc1ccc(NC(=O)c2cn[nH]n2)nc1. The summed E-state index contributed by atoms with van der Waals surface area (Å²) in [7, 11) is 0. The molecule has 2 aromatic heterocycles. The second-order valence-corrected chi connectivity index (χ2v) is 2.79. The largest absolute Gasteiger partial charge is 0.397 e. The van der Waals surface area contributed by atoms with E-state index in [4.69, 9.17) is 5.73 Å². The van der Waals surface area contributed by atoms with Crippen molar-refractivity contribution in [2.45, 2.75) is 0 Å². The Morgan fingerprint density at radius 1 is 1.40 bits per heavy atom. The van der Waals surface area contributed by atoms with Gasteiger partial charge in [-0.25, -0.2) is 4.98 Å². The Kier molecular flexibility index (Phi) is 2.28. The molecule has 0 bridgehead atoms. The Bertz CT molecular complexity index is 448. The van der Waals surface area contributed by atoms with Crippen LogP contribution in [0.2, 0.25) is 0 Å². The van der Waals surface area contributed by atoms with Crippen molar-refractivity contribution in [1.29, 1.82) is 0 Å². The van der Waals surface area contributed by atoms with Crippen LogP contribution in [0.4, 0.5) is 11.5 Å². The van der Waals surface area contributed by atoms with Crippen molar-refractivity contribution in [2.24, 2.45) is 0 Å². The van der Waals surface area contributed by atoms with E-state index in [9.17, 15) is 4.79 Å². The standard InChI is InChI=1S/C8H8N6O/c9-5-1-2-7(10-3-5)12-8(15)6-4-11-14-13-6/h1-4H,9H2,(H,10,12,15)(H,11,13,14). The molecule has 0 fully saturated rings. The normalized spacial score (nSPS) is 9.87. The molecule has 2 rings (SSSR count). The van der Waals surface area contributed by atoms with Gasteiger partial charge in [0, 0.05) is 0 Å². The molecular weight excluding hydrogens is 196 g/mol. The van der Waals surface area contributed by atoms with Gasteiger partial charge in [0.25, 0.3) is 5.91 Å². The van der Waals surface area contributed by atoms with Gasteiger partial charge in [-0.1, -0.05) is 0 Å². The van der Waals surface area contributed by atoms with Crippen molar-refractivity contribution in [2.75, 3.05) is 11.1 Å². The number of carbonyl (C=O) groups excluding carboxylic acids is 1. The van der Waals surface area contributed by atoms with Gasteiger partial charge in [0.15, 0.2) is 5.69 Å². The number of pyridine rings is 1. The molecule has 0 saturated heterocycles. The summed E-state index contributed by atoms with van der Waals surface area (Å²) in [6, 6.07) is 3.25. The topological polar surface area (TPSA) is 110 Å². The summed E-state index contributed by atoms with van der Waals surface area (Å²) in [4.78, 5) is 15.4. The van der Waals surface area contributed by atoms with Crippen molar-refractivity contribution >= 4 is 17.4 Å². The number of hydrogen-bond acceptors (Lipinski definition) is 5. The zero-order valence-electron chi connectivity index (χ0n) is 7.64. The summed E-state index contributed by atoms with van der Waals surface area (Å²) in [5.74, 6) is 0.0400. The van der Waals surface area contributed by atoms with E-state index in [-0.39, 0.29) is 11.6 Å². The average Bonchev–Trinajstić information content (AvgIpc) is 2.74. The van der Waals surface area contributed by atoms with Crippen LogP contribution in [-0.4, -0.2) is 26.3 Å². The number of hydrogen-bond donors (Lipinski definition) is 3. The number of H-pyrrole nitrogens is 1. The van der Waals surface area contributed by atoms with E-state index in [0.29, 0.717) is 11.5 Å². The van der Waals surface area contributed by atoms with E-state index >= 15 is 0 Å². The first-order chi connectivity index (χ1) is 7.25. The minimum Gasteiger partial charge on any atom is -0.397 e. The van der Waals surface area contributed by atoms with Crippen LogP contribution >= 0.6 is 0 Å². The summed E-state index contributed by atoms with van der Waals surface area (Å²) in [5.41, 5.74) is 6.19. The lowest BCUT2D eigenvalue weighted by atomic mass is 10.4. The molecule has 7 heteroatoms. The molecule has 2 aromatic rings. The third-order valence-corrected chi connectivity index (χ3v) is 1.68. The highest BCUT2D eigenvalue weighted by Gasteiger charge is 2.08. The molecule has 0 atom stereocenters. The number of aromatic nitrogens is 4. The second kappa shape index (κ2) is 3.74. The van der Waals surface area contributed by atoms with Gasteiger partial charge in [-0.15, -0.1) is 0 Å². The van der Waals surface area contributed by atoms with Crippen LogP contribution in [0.1, 0.15) is 10.5 Å². The highest BCUT2D eigenvalue weighted by Crippen LogP contribution is 2.06. The van der Waals surface area contributed by atoms with E-state index in [1.165, 1.54) is 12.4 Å². The molecule has 76 valence electrons. The van der Waals surface area contributed by atoms with Gasteiger partial charge in [0.1, 0.15) is 5.82 Å². The predicted molar refractivity (Wildman–Crippen MR) is 53.0 cm³/mol. The third-order valence-electron chi connectivity index (χ3n) is 1.68. The van der Waals surface area contributed by atoms with E-state index in [1.54, 1.807) is 12.1 Å². The lowest BCUT2D eigenvalue weighted by Gasteiger charge is -2.01. The minimum absolute atomic E-state index is 0.202. The Morgan fingerprint density at radius 2 is 2.27 bits per heavy atom. The first-order valence-electron chi connectivity index (χ1n) is 4.14. The third kappa shape index (κ3) is 2.08. The number of anilines is 2. The molecule has 15 heavy (non-hydrogen) atoms. The summed E-state index contributed by atoms with van der Waals surface area (Å²) < 4.78 is 0. The van der Waals surface area contributed by atoms with Gasteiger partial charge in [0.2, 0.25) is 0 Å². The van der Waals surface area contributed by atoms with Crippen LogP contribution in [0, 0.1) is 0 Å². The smallest absolute Gasteiger partial charge is 0.278 e. The highest BCUT2D eigenvalue weighted by atomic mass is 16.2.